The number of fused-ring (bicyclic) bond motifs is 4. The van der Waals surface area contributed by atoms with Crippen molar-refractivity contribution in [1.82, 2.24) is 0 Å². The minimum Gasteiger partial charge on any atom is -0.144 e. The largest absolute Gasteiger partial charge is 0.144 e. The highest BCUT2D eigenvalue weighted by molar-refractivity contribution is 7.14. The van der Waals surface area contributed by atoms with Gasteiger partial charge in [0.15, 0.2) is 0 Å². The van der Waals surface area contributed by atoms with Gasteiger partial charge in [-0.2, -0.15) is 0 Å². The molecule has 38 heavy (non-hydrogen) atoms. The highest BCUT2D eigenvalue weighted by Crippen LogP contribution is 2.50. The van der Waals surface area contributed by atoms with E-state index < -0.39 is 0 Å². The average Bonchev–Trinajstić information content (AvgIpc) is 3.65. The van der Waals surface area contributed by atoms with Crippen molar-refractivity contribution in [3.8, 4) is 20.9 Å². The topological polar surface area (TPSA) is 0 Å². The molecule has 2 aromatic heterocycles. The number of thiophene rings is 2. The van der Waals surface area contributed by atoms with Gasteiger partial charge < -0.3 is 0 Å². The quantitative estimate of drug-likeness (QED) is 0.156. The first-order valence-electron chi connectivity index (χ1n) is 13.2. The van der Waals surface area contributed by atoms with E-state index in [1.54, 1.807) is 0 Å². The molecule has 0 aliphatic rings. The van der Waals surface area contributed by atoms with Gasteiger partial charge in [-0.1, -0.05) is 81.4 Å². The van der Waals surface area contributed by atoms with E-state index in [4.69, 9.17) is 0 Å². The predicted octanol–water partition coefficient (Wildman–Crippen LogP) is 11.6. The van der Waals surface area contributed by atoms with Crippen molar-refractivity contribution < 1.29 is 0 Å². The normalized spacial score (nSPS) is 12.6. The van der Waals surface area contributed by atoms with Crippen molar-refractivity contribution in [1.29, 1.82) is 0 Å². The third-order valence-electron chi connectivity index (χ3n) is 8.08. The Labute approximate surface area is 230 Å². The van der Waals surface area contributed by atoms with E-state index in [1.807, 2.05) is 22.7 Å². The van der Waals surface area contributed by atoms with Crippen molar-refractivity contribution in [2.45, 2.75) is 26.2 Å². The van der Waals surface area contributed by atoms with Gasteiger partial charge in [-0.3, -0.25) is 0 Å². The molecule has 0 radical (unpaired) electrons. The van der Waals surface area contributed by atoms with Gasteiger partial charge in [0.05, 0.1) is 0 Å². The molecule has 0 unspecified atom stereocenters. The van der Waals surface area contributed by atoms with Crippen molar-refractivity contribution in [3.05, 3.63) is 107 Å². The first kappa shape index (κ1) is 22.3. The molecule has 182 valence electrons. The maximum Gasteiger partial charge on any atom is 0.0349 e. The molecule has 0 fully saturated rings. The molecule has 0 amide bonds. The lowest BCUT2D eigenvalue weighted by Gasteiger charge is -2.24. The van der Waals surface area contributed by atoms with Crippen LogP contribution >= 0.6 is 22.7 Å². The van der Waals surface area contributed by atoms with E-state index in [0.717, 1.165) is 0 Å². The number of hydrogen-bond acceptors (Lipinski definition) is 2. The molecule has 0 bridgehead atoms. The molecule has 0 saturated heterocycles. The molecule has 0 saturated carbocycles. The van der Waals surface area contributed by atoms with Crippen molar-refractivity contribution in [2.75, 3.05) is 0 Å². The van der Waals surface area contributed by atoms with Crippen LogP contribution in [0.3, 0.4) is 0 Å². The van der Waals surface area contributed by atoms with Crippen LogP contribution in [0.5, 0.6) is 0 Å². The summed E-state index contributed by atoms with van der Waals surface area (Å²) in [6.45, 7) is 6.96. The van der Waals surface area contributed by atoms with Crippen molar-refractivity contribution in [2.24, 2.45) is 0 Å². The maximum atomic E-state index is 2.47. The second-order valence-electron chi connectivity index (χ2n) is 11.4. The molecule has 2 heteroatoms. The first-order chi connectivity index (χ1) is 18.5. The molecular formula is C36H26S2. The zero-order valence-corrected chi connectivity index (χ0v) is 23.3. The SMILES string of the molecule is CC(C)(C)c1cc2cc(-c3cccs3)c3cc4ccc5ccccc5c4c4c(-c5cccs5)cc(c1)c2c34. The molecule has 2 heterocycles. The summed E-state index contributed by atoms with van der Waals surface area (Å²) in [5.74, 6) is 0. The van der Waals surface area contributed by atoms with E-state index >= 15 is 0 Å². The lowest BCUT2D eigenvalue weighted by atomic mass is 9.80. The number of hydrogen-bond donors (Lipinski definition) is 0. The van der Waals surface area contributed by atoms with Gasteiger partial charge in [0, 0.05) is 26.3 Å². The van der Waals surface area contributed by atoms with Crippen LogP contribution in [0, 0.1) is 0 Å². The summed E-state index contributed by atoms with van der Waals surface area (Å²) in [7, 11) is 0. The highest BCUT2D eigenvalue weighted by atomic mass is 32.1. The summed E-state index contributed by atoms with van der Waals surface area (Å²) >= 11 is 3.67. The Kier molecular flexibility index (Phi) is 4.63. The fourth-order valence-electron chi connectivity index (χ4n) is 6.28. The van der Waals surface area contributed by atoms with Gasteiger partial charge in [-0.25, -0.2) is 0 Å². The number of rotatable bonds is 2. The van der Waals surface area contributed by atoms with Crippen molar-refractivity contribution >= 4 is 76.5 Å². The molecule has 0 spiro atoms. The lowest BCUT2D eigenvalue weighted by molar-refractivity contribution is 0.591. The van der Waals surface area contributed by atoms with Gasteiger partial charge in [-0.15, -0.1) is 22.7 Å². The fraction of sp³-hybridized carbons (Fsp3) is 0.111. The Hall–Kier alpha value is -3.72. The second-order valence-corrected chi connectivity index (χ2v) is 13.3. The highest BCUT2D eigenvalue weighted by Gasteiger charge is 2.23. The summed E-state index contributed by atoms with van der Waals surface area (Å²) in [6.07, 6.45) is 0. The molecule has 6 aromatic carbocycles. The molecule has 8 rings (SSSR count). The zero-order valence-electron chi connectivity index (χ0n) is 21.6. The standard InChI is InChI=1S/C36H26S2/c1-36(2,3)25-16-23-19-27(30-10-6-14-37-30)28-18-22-13-12-21-8-4-5-9-26(21)33(22)35-29(31-11-7-15-38-31)20-24(17-25)32(23)34(28)35/h4-20H,1-3H3. The Balaban J connectivity index is 1.72. The van der Waals surface area contributed by atoms with E-state index in [1.165, 1.54) is 80.3 Å². The second kappa shape index (κ2) is 7.89. The summed E-state index contributed by atoms with van der Waals surface area (Å²) in [5.41, 5.74) is 4.13. The smallest absolute Gasteiger partial charge is 0.0349 e. The number of benzene rings is 6. The van der Waals surface area contributed by atoms with Crippen LogP contribution in [0.1, 0.15) is 26.3 Å². The Morgan fingerprint density at radius 1 is 0.474 bits per heavy atom. The minimum atomic E-state index is 0.0690. The van der Waals surface area contributed by atoms with E-state index in [-0.39, 0.29) is 5.41 Å². The van der Waals surface area contributed by atoms with Crippen molar-refractivity contribution in [3.63, 3.8) is 0 Å². The third kappa shape index (κ3) is 3.14. The van der Waals surface area contributed by atoms with Crippen LogP contribution in [0.15, 0.2) is 102 Å². The van der Waals surface area contributed by atoms with E-state index in [2.05, 4.69) is 123 Å². The summed E-state index contributed by atoms with van der Waals surface area (Å²) in [6, 6.07) is 34.6. The van der Waals surface area contributed by atoms with E-state index in [9.17, 15) is 0 Å². The summed E-state index contributed by atoms with van der Waals surface area (Å²) in [4.78, 5) is 2.65. The minimum absolute atomic E-state index is 0.0690. The Morgan fingerprint density at radius 3 is 1.82 bits per heavy atom. The summed E-state index contributed by atoms with van der Waals surface area (Å²) < 4.78 is 0. The predicted molar refractivity (Wildman–Crippen MR) is 170 cm³/mol. The van der Waals surface area contributed by atoms with Crippen LogP contribution in [-0.2, 0) is 5.41 Å². The molecule has 8 aromatic rings. The third-order valence-corrected chi connectivity index (χ3v) is 9.88. The Bertz CT molecular complexity index is 2120. The molecule has 0 atom stereocenters. The van der Waals surface area contributed by atoms with Gasteiger partial charge in [0.1, 0.15) is 0 Å². The molecular weight excluding hydrogens is 497 g/mol. The van der Waals surface area contributed by atoms with Gasteiger partial charge in [0.2, 0.25) is 0 Å². The van der Waals surface area contributed by atoms with E-state index in [0.29, 0.717) is 0 Å². The Morgan fingerprint density at radius 2 is 1.13 bits per heavy atom. The molecule has 0 nitrogen and oxygen atoms in total. The van der Waals surface area contributed by atoms with Crippen LogP contribution in [-0.4, -0.2) is 0 Å². The van der Waals surface area contributed by atoms with Gasteiger partial charge >= 0.3 is 0 Å². The maximum absolute atomic E-state index is 2.47. The van der Waals surface area contributed by atoms with Crippen LogP contribution in [0.4, 0.5) is 0 Å². The first-order valence-corrected chi connectivity index (χ1v) is 14.9. The van der Waals surface area contributed by atoms with Gasteiger partial charge in [-0.05, 0) is 101 Å². The fourth-order valence-corrected chi connectivity index (χ4v) is 7.78. The summed E-state index contributed by atoms with van der Waals surface area (Å²) in [5, 5.41) is 17.9. The zero-order chi connectivity index (χ0) is 25.6. The van der Waals surface area contributed by atoms with Crippen LogP contribution < -0.4 is 0 Å². The van der Waals surface area contributed by atoms with Gasteiger partial charge in [0.25, 0.3) is 0 Å². The van der Waals surface area contributed by atoms with Crippen LogP contribution in [0.2, 0.25) is 0 Å². The molecule has 0 aliphatic heterocycles. The lowest BCUT2D eigenvalue weighted by Crippen LogP contribution is -2.11. The molecule has 0 aliphatic carbocycles. The molecule has 0 N–H and O–H groups in total. The van der Waals surface area contributed by atoms with Crippen LogP contribution in [0.25, 0.3) is 74.7 Å². The average molecular weight is 523 g/mol. The monoisotopic (exact) mass is 522 g/mol.